The number of amidine groups is 2. The largest absolute Gasteiger partial charge is 0.490 e. The van der Waals surface area contributed by atoms with Gasteiger partial charge in [-0.05, 0) is 79.6 Å². The molecule has 0 radical (unpaired) electrons. The van der Waals surface area contributed by atoms with Gasteiger partial charge in [-0.15, -0.1) is 0 Å². The maximum Gasteiger partial charge on any atom is 0.441 e. The van der Waals surface area contributed by atoms with Gasteiger partial charge in [-0.2, -0.15) is 28.3 Å². The number of rotatable bonds is 8. The first-order chi connectivity index (χ1) is 17.5. The fourth-order valence-corrected chi connectivity index (χ4v) is 4.36. The molecule has 194 valence electrons. The quantitative estimate of drug-likeness (QED) is 0.364. The van der Waals surface area contributed by atoms with Crippen molar-refractivity contribution in [3.05, 3.63) is 58.7 Å². The van der Waals surface area contributed by atoms with Crippen LogP contribution in [0.2, 0.25) is 0 Å². The normalized spacial score (nSPS) is 16.5. The van der Waals surface area contributed by atoms with Gasteiger partial charge in [-0.25, -0.2) is 0 Å². The minimum Gasteiger partial charge on any atom is -0.490 e. The first-order valence-electron chi connectivity index (χ1n) is 11.2. The Morgan fingerprint density at radius 2 is 1.73 bits per heavy atom. The topological polar surface area (TPSA) is 96.6 Å². The molecule has 0 saturated carbocycles. The molecule has 0 spiro atoms. The number of carbonyl (C=O) groups excluding carboxylic acids is 1. The van der Waals surface area contributed by atoms with Crippen LogP contribution in [-0.2, 0) is 4.79 Å². The maximum absolute atomic E-state index is 13.0. The summed E-state index contributed by atoms with van der Waals surface area (Å²) in [6.07, 6.45) is -3.35. The third kappa shape index (κ3) is 6.13. The summed E-state index contributed by atoms with van der Waals surface area (Å²) in [4.78, 5) is 16.2. The molecule has 1 N–H and O–H groups in total. The SMILES string of the molecule is CCOc1cc(/C=C2/C(=N)N3N=C(C(F)(F)F)SC3=NC2=O)ccc1OCCOc1cc(C)cc(C)c1. The Bertz CT molecular complexity index is 1320. The molecule has 2 heterocycles. The van der Waals surface area contributed by atoms with Gasteiger partial charge in [-0.1, -0.05) is 12.1 Å². The van der Waals surface area contributed by atoms with Crippen molar-refractivity contribution >= 4 is 39.8 Å². The van der Waals surface area contributed by atoms with Gasteiger partial charge in [0.05, 0.1) is 12.2 Å². The molecule has 0 aliphatic carbocycles. The Balaban J connectivity index is 1.48. The van der Waals surface area contributed by atoms with Crippen molar-refractivity contribution in [3.63, 3.8) is 0 Å². The third-order valence-corrected chi connectivity index (χ3v) is 6.03. The molecule has 0 atom stereocenters. The lowest BCUT2D eigenvalue weighted by atomic mass is 10.1. The van der Waals surface area contributed by atoms with Crippen LogP contribution in [0.1, 0.15) is 23.6 Å². The minimum absolute atomic E-state index is 0.200. The van der Waals surface area contributed by atoms with E-state index in [2.05, 4.69) is 16.2 Å². The van der Waals surface area contributed by atoms with Gasteiger partial charge in [0.25, 0.3) is 5.91 Å². The smallest absolute Gasteiger partial charge is 0.441 e. The van der Waals surface area contributed by atoms with E-state index in [9.17, 15) is 18.0 Å². The molecule has 0 fully saturated rings. The fraction of sp³-hybridized carbons (Fsp3) is 0.280. The van der Waals surface area contributed by atoms with Gasteiger partial charge in [-0.3, -0.25) is 10.2 Å². The third-order valence-electron chi connectivity index (χ3n) is 5.08. The lowest BCUT2D eigenvalue weighted by Crippen LogP contribution is -2.35. The number of aliphatic imine (C=N–C) groups is 1. The average molecular weight is 533 g/mol. The first-order valence-corrected chi connectivity index (χ1v) is 12.0. The molecule has 2 aliphatic rings. The number of amides is 1. The number of hydrogen-bond acceptors (Lipinski definition) is 7. The van der Waals surface area contributed by atoms with E-state index in [1.54, 1.807) is 25.1 Å². The summed E-state index contributed by atoms with van der Waals surface area (Å²) in [7, 11) is 0. The van der Waals surface area contributed by atoms with Crippen molar-refractivity contribution in [2.75, 3.05) is 19.8 Å². The van der Waals surface area contributed by atoms with Crippen molar-refractivity contribution in [2.45, 2.75) is 26.9 Å². The van der Waals surface area contributed by atoms with Gasteiger partial charge in [0.2, 0.25) is 10.2 Å². The number of thioether (sulfide) groups is 1. The molecule has 8 nitrogen and oxygen atoms in total. The molecule has 4 rings (SSSR count). The first kappa shape index (κ1) is 26.3. The predicted molar refractivity (Wildman–Crippen MR) is 136 cm³/mol. The highest BCUT2D eigenvalue weighted by Crippen LogP contribution is 2.36. The van der Waals surface area contributed by atoms with Crippen molar-refractivity contribution in [2.24, 2.45) is 10.1 Å². The number of benzene rings is 2. The molecule has 0 unspecified atom stereocenters. The Morgan fingerprint density at radius 3 is 2.41 bits per heavy atom. The van der Waals surface area contributed by atoms with Crippen LogP contribution in [-0.4, -0.2) is 53.0 Å². The van der Waals surface area contributed by atoms with Gasteiger partial charge in [0.15, 0.2) is 17.3 Å². The Kier molecular flexibility index (Phi) is 7.58. The molecule has 1 amide bonds. The summed E-state index contributed by atoms with van der Waals surface area (Å²) >= 11 is 0.203. The summed E-state index contributed by atoms with van der Waals surface area (Å²) in [5, 5.41) is 10.9. The molecular formula is C25H23F3N4O4S. The summed E-state index contributed by atoms with van der Waals surface area (Å²) in [5.41, 5.74) is 2.47. The van der Waals surface area contributed by atoms with Gasteiger partial charge < -0.3 is 14.2 Å². The number of hydrogen-bond donors (Lipinski definition) is 1. The molecular weight excluding hydrogens is 509 g/mol. The predicted octanol–water partition coefficient (Wildman–Crippen LogP) is 5.34. The van der Waals surface area contributed by atoms with Gasteiger partial charge in [0.1, 0.15) is 19.0 Å². The van der Waals surface area contributed by atoms with E-state index in [4.69, 9.17) is 19.6 Å². The van der Waals surface area contributed by atoms with Gasteiger partial charge in [0, 0.05) is 0 Å². The number of nitrogens with one attached hydrogen (secondary N) is 1. The summed E-state index contributed by atoms with van der Waals surface area (Å²) in [5.74, 6) is 0.277. The van der Waals surface area contributed by atoms with E-state index in [0.29, 0.717) is 35.3 Å². The number of alkyl halides is 3. The van der Waals surface area contributed by atoms with Crippen molar-refractivity contribution in [1.29, 1.82) is 5.41 Å². The highest BCUT2D eigenvalue weighted by molar-refractivity contribution is 8.27. The molecule has 0 saturated heterocycles. The van der Waals surface area contributed by atoms with Crippen LogP contribution < -0.4 is 14.2 Å². The second kappa shape index (κ2) is 10.7. The zero-order valence-corrected chi connectivity index (χ0v) is 21.0. The van der Waals surface area contributed by atoms with Crippen LogP contribution >= 0.6 is 11.8 Å². The van der Waals surface area contributed by atoms with E-state index in [-0.39, 0.29) is 29.1 Å². The number of nitrogens with zero attached hydrogens (tertiary/aromatic N) is 3. The van der Waals surface area contributed by atoms with E-state index < -0.39 is 23.0 Å². The second-order valence-corrected chi connectivity index (χ2v) is 9.04. The van der Waals surface area contributed by atoms with E-state index in [0.717, 1.165) is 16.9 Å². The van der Waals surface area contributed by atoms with Crippen LogP contribution in [0.15, 0.2) is 52.1 Å². The molecule has 37 heavy (non-hydrogen) atoms. The molecule has 12 heteroatoms. The summed E-state index contributed by atoms with van der Waals surface area (Å²) in [6, 6.07) is 10.8. The van der Waals surface area contributed by atoms with Crippen molar-refractivity contribution < 1.29 is 32.2 Å². The highest BCUT2D eigenvalue weighted by atomic mass is 32.2. The molecule has 0 aromatic heterocycles. The van der Waals surface area contributed by atoms with E-state index >= 15 is 0 Å². The molecule has 2 aliphatic heterocycles. The zero-order chi connectivity index (χ0) is 26.7. The number of ether oxygens (including phenoxy) is 3. The van der Waals surface area contributed by atoms with Crippen LogP contribution in [0.3, 0.4) is 0 Å². The number of fused-ring (bicyclic) bond motifs is 1. The number of halogens is 3. The minimum atomic E-state index is -4.70. The fourth-order valence-electron chi connectivity index (χ4n) is 3.60. The lowest BCUT2D eigenvalue weighted by Gasteiger charge is -2.20. The second-order valence-electron chi connectivity index (χ2n) is 8.08. The molecule has 0 bridgehead atoms. The maximum atomic E-state index is 13.0. The number of hydrazone groups is 1. The van der Waals surface area contributed by atoms with E-state index in [1.165, 1.54) is 6.08 Å². The number of aryl methyl sites for hydroxylation is 2. The standard InChI is InChI=1S/C25H23F3N4O4S/c1-4-34-20-13-16(5-6-19(20)36-8-7-35-17-10-14(2)9-15(3)11-17)12-18-21(29)32-24(30-22(18)33)37-23(31-32)25(26,27)28/h5-6,9-13,29H,4,7-8H2,1-3H3/b18-12-,29-21?. The van der Waals surface area contributed by atoms with Crippen LogP contribution in [0.5, 0.6) is 17.2 Å². The zero-order valence-electron chi connectivity index (χ0n) is 20.2. The Hall–Kier alpha value is -3.80. The Morgan fingerprint density at radius 1 is 1.03 bits per heavy atom. The van der Waals surface area contributed by atoms with Crippen LogP contribution in [0, 0.1) is 19.3 Å². The van der Waals surface area contributed by atoms with Gasteiger partial charge >= 0.3 is 6.18 Å². The summed E-state index contributed by atoms with van der Waals surface area (Å²) in [6.45, 7) is 6.69. The van der Waals surface area contributed by atoms with Crippen LogP contribution in [0.4, 0.5) is 13.2 Å². The number of carbonyl (C=O) groups is 1. The monoisotopic (exact) mass is 532 g/mol. The summed E-state index contributed by atoms with van der Waals surface area (Å²) < 4.78 is 56.3. The van der Waals surface area contributed by atoms with Crippen LogP contribution in [0.25, 0.3) is 6.08 Å². The average Bonchev–Trinajstić information content (AvgIpc) is 3.25. The molecule has 2 aromatic rings. The van der Waals surface area contributed by atoms with E-state index in [1.807, 2.05) is 26.0 Å². The highest BCUT2D eigenvalue weighted by Gasteiger charge is 2.46. The van der Waals surface area contributed by atoms with Crippen molar-refractivity contribution in [1.82, 2.24) is 5.01 Å². The van der Waals surface area contributed by atoms with Crippen molar-refractivity contribution in [3.8, 4) is 17.2 Å². The molecule has 2 aromatic carbocycles. The Labute approximate surface area is 215 Å². The lowest BCUT2D eigenvalue weighted by molar-refractivity contribution is -0.114.